The molecule has 4 aromatic carbocycles. The Hall–Kier alpha value is -3.52. The fourth-order valence-corrected chi connectivity index (χ4v) is 5.20. The summed E-state index contributed by atoms with van der Waals surface area (Å²) in [6.45, 7) is -6.61. The molecule has 1 fully saturated rings. The zero-order chi connectivity index (χ0) is 35.9. The molecule has 2 heterocycles. The summed E-state index contributed by atoms with van der Waals surface area (Å²) in [6, 6.07) is 32.0. The third-order valence-corrected chi connectivity index (χ3v) is 7.25. The number of hydrogen-bond acceptors (Lipinski definition) is 2. The van der Waals surface area contributed by atoms with Crippen molar-refractivity contribution in [3.8, 4) is 22.4 Å². The van der Waals surface area contributed by atoms with Crippen molar-refractivity contribution in [2.75, 3.05) is 0 Å². The van der Waals surface area contributed by atoms with E-state index < -0.39 is 26.4 Å². The average Bonchev–Trinajstić information content (AvgIpc) is 3.47. The second kappa shape index (κ2) is 13.0. The molecular formula is C38H34IrNO. The maximum absolute atomic E-state index is 9.09. The van der Waals surface area contributed by atoms with Crippen LogP contribution in [0.1, 0.15) is 74.0 Å². The van der Waals surface area contributed by atoms with Gasteiger partial charge in [-0.3, -0.25) is 0 Å². The number of hydrogen-bond donors (Lipinski definition) is 0. The Bertz CT molecular complexity index is 2050. The molecule has 7 rings (SSSR count). The van der Waals surface area contributed by atoms with Crippen molar-refractivity contribution in [3.63, 3.8) is 0 Å². The zero-order valence-corrected chi connectivity index (χ0v) is 24.7. The first-order valence-corrected chi connectivity index (χ1v) is 13.4. The topological polar surface area (TPSA) is 26.0 Å². The van der Waals surface area contributed by atoms with Gasteiger partial charge in [0.2, 0.25) is 0 Å². The number of rotatable bonds is 3. The molecule has 3 heteroatoms. The molecule has 1 aliphatic carbocycles. The minimum absolute atomic E-state index is 0. The number of para-hydroxylation sites is 1. The van der Waals surface area contributed by atoms with E-state index in [0.29, 0.717) is 35.2 Å². The van der Waals surface area contributed by atoms with E-state index in [9.17, 15) is 0 Å². The standard InChI is InChI=1S/C25H22O.C13H12N.Ir/c1-17-14-15-19(16-23(17)18-8-3-2-4-9-18)20-11-7-12-22-21-10-5-6-13-24(21)26-25(20)22;1-10-3-6-12(7-4-10)13-8-5-11(2)9-14-13;/h5-7,10,12-14,16,18H,2-4,8-9H2,1H3;3-6,8-9H,1-2H3;/q-2;-1;+3/i1D3,18D;1D3,2D3;. The van der Waals surface area contributed by atoms with Gasteiger partial charge in [0, 0.05) is 30.9 Å². The van der Waals surface area contributed by atoms with Crippen LogP contribution in [-0.4, -0.2) is 4.98 Å². The van der Waals surface area contributed by atoms with Crippen LogP contribution in [-0.2, 0) is 20.1 Å². The normalized spacial score (nSPS) is 18.7. The molecule has 0 spiro atoms. The van der Waals surface area contributed by atoms with Crippen LogP contribution in [0.15, 0.2) is 89.5 Å². The Labute approximate surface area is 271 Å². The molecule has 1 aliphatic rings. The summed E-state index contributed by atoms with van der Waals surface area (Å²) in [5, 5.41) is 2.03. The summed E-state index contributed by atoms with van der Waals surface area (Å²) in [5.41, 5.74) is 5.37. The molecule has 41 heavy (non-hydrogen) atoms. The van der Waals surface area contributed by atoms with E-state index in [2.05, 4.69) is 23.2 Å². The van der Waals surface area contributed by atoms with Gasteiger partial charge in [0.1, 0.15) is 5.58 Å². The number of pyridine rings is 1. The van der Waals surface area contributed by atoms with Gasteiger partial charge >= 0.3 is 20.1 Å². The fourth-order valence-electron chi connectivity index (χ4n) is 5.20. The zero-order valence-electron chi connectivity index (χ0n) is 32.3. The molecule has 206 valence electrons. The Kier molecular flexibility index (Phi) is 5.96. The first kappa shape index (κ1) is 18.8. The van der Waals surface area contributed by atoms with Crippen LogP contribution < -0.4 is 0 Å². The number of nitrogens with zero attached hydrogens (tertiary/aromatic N) is 1. The predicted molar refractivity (Wildman–Crippen MR) is 165 cm³/mol. The van der Waals surface area contributed by atoms with E-state index in [0.717, 1.165) is 46.7 Å². The third-order valence-electron chi connectivity index (χ3n) is 7.25. The van der Waals surface area contributed by atoms with Crippen molar-refractivity contribution in [1.29, 1.82) is 0 Å². The summed E-state index contributed by atoms with van der Waals surface area (Å²) < 4.78 is 82.9. The molecule has 1 saturated carbocycles. The van der Waals surface area contributed by atoms with Gasteiger partial charge in [-0.25, -0.2) is 5.56 Å². The number of aromatic nitrogens is 1. The molecule has 6 aromatic rings. The molecule has 0 amide bonds. The number of furan rings is 1. The predicted octanol–water partition coefficient (Wildman–Crippen LogP) is 10.4. The van der Waals surface area contributed by atoms with Crippen molar-refractivity contribution in [2.24, 2.45) is 0 Å². The van der Waals surface area contributed by atoms with E-state index in [-0.39, 0.29) is 36.8 Å². The Balaban J connectivity index is 0.000000211. The van der Waals surface area contributed by atoms with Crippen molar-refractivity contribution >= 4 is 21.9 Å². The molecule has 0 bridgehead atoms. The van der Waals surface area contributed by atoms with Gasteiger partial charge in [0.15, 0.2) is 0 Å². The van der Waals surface area contributed by atoms with E-state index in [1.807, 2.05) is 42.5 Å². The first-order chi connectivity index (χ1) is 23.5. The number of benzene rings is 4. The van der Waals surface area contributed by atoms with E-state index in [1.54, 1.807) is 18.2 Å². The van der Waals surface area contributed by atoms with Gasteiger partial charge < -0.3 is 9.40 Å². The Morgan fingerprint density at radius 3 is 2.41 bits per heavy atom. The van der Waals surface area contributed by atoms with Crippen molar-refractivity contribution in [3.05, 3.63) is 126 Å². The first-order valence-electron chi connectivity index (χ1n) is 18.4. The van der Waals surface area contributed by atoms with Gasteiger partial charge in [-0.1, -0.05) is 68.7 Å². The van der Waals surface area contributed by atoms with Crippen molar-refractivity contribution in [2.45, 2.75) is 58.6 Å². The third kappa shape index (κ3) is 6.37. The summed E-state index contributed by atoms with van der Waals surface area (Å²) in [4.78, 5) is 4.08. The molecular weight excluding hydrogens is 679 g/mol. The SMILES string of the molecule is [2H]C([2H])([2H])c1c[c-]c(-c2[c-]ccc3c2oc2ccccc23)cc1C1([2H])CCCCC1.[2H]C([2H])([2H])c1c[c-]c(-c2ccc(C([2H])([2H])[2H])cn2)cc1.[Ir+3]. The van der Waals surface area contributed by atoms with Crippen LogP contribution in [0.2, 0.25) is 0 Å². The molecule has 0 N–H and O–H groups in total. The quantitative estimate of drug-likeness (QED) is 0.170. The fraction of sp³-hybridized carbons (Fsp3) is 0.237. The maximum atomic E-state index is 9.09. The molecule has 2 nitrogen and oxygen atoms in total. The van der Waals surface area contributed by atoms with Crippen LogP contribution in [0.4, 0.5) is 0 Å². The second-order valence-electron chi connectivity index (χ2n) is 9.96. The summed E-state index contributed by atoms with van der Waals surface area (Å²) >= 11 is 0. The van der Waals surface area contributed by atoms with E-state index in [4.69, 9.17) is 18.1 Å². The van der Waals surface area contributed by atoms with Crippen LogP contribution in [0.25, 0.3) is 44.3 Å². The molecule has 0 atom stereocenters. The summed E-state index contributed by atoms with van der Waals surface area (Å²) in [7, 11) is 0. The largest absolute Gasteiger partial charge is 3.00 e. The summed E-state index contributed by atoms with van der Waals surface area (Å²) in [5.74, 6) is -0.881. The van der Waals surface area contributed by atoms with Crippen molar-refractivity contribution < 1.29 is 38.2 Å². The average molecular weight is 723 g/mol. The van der Waals surface area contributed by atoms with Gasteiger partial charge in [0.05, 0.1) is 0 Å². The van der Waals surface area contributed by atoms with Gasteiger partial charge in [-0.05, 0) is 42.9 Å². The maximum Gasteiger partial charge on any atom is 3.00 e. The van der Waals surface area contributed by atoms with Crippen molar-refractivity contribution in [1.82, 2.24) is 4.98 Å². The number of fused-ring (bicyclic) bond motifs is 3. The number of aryl methyl sites for hydroxylation is 3. The second-order valence-corrected chi connectivity index (χ2v) is 9.96. The monoisotopic (exact) mass is 723 g/mol. The molecule has 0 unspecified atom stereocenters. The van der Waals surface area contributed by atoms with Crippen LogP contribution >= 0.6 is 0 Å². The minimum Gasteiger partial charge on any atom is -0.510 e. The van der Waals surface area contributed by atoms with E-state index >= 15 is 0 Å². The molecule has 0 radical (unpaired) electrons. The molecule has 0 aliphatic heterocycles. The van der Waals surface area contributed by atoms with E-state index in [1.165, 1.54) is 24.4 Å². The smallest absolute Gasteiger partial charge is 0.510 e. The molecule has 0 saturated heterocycles. The summed E-state index contributed by atoms with van der Waals surface area (Å²) in [6.07, 6.45) is 5.65. The van der Waals surface area contributed by atoms with Gasteiger partial charge in [0.25, 0.3) is 0 Å². The Morgan fingerprint density at radius 2 is 1.66 bits per heavy atom. The van der Waals surface area contributed by atoms with Gasteiger partial charge in [-0.2, -0.15) is 35.9 Å². The Morgan fingerprint density at radius 1 is 0.829 bits per heavy atom. The van der Waals surface area contributed by atoms with Crippen LogP contribution in [0, 0.1) is 38.8 Å². The van der Waals surface area contributed by atoms with Crippen LogP contribution in [0.3, 0.4) is 0 Å². The van der Waals surface area contributed by atoms with Crippen LogP contribution in [0.5, 0.6) is 0 Å². The van der Waals surface area contributed by atoms with Gasteiger partial charge in [-0.15, -0.1) is 52.6 Å². The molecule has 2 aromatic heterocycles. The minimum atomic E-state index is -2.27.